The lowest BCUT2D eigenvalue weighted by atomic mass is 10.1. The standard InChI is InChI=1S/C15H23NO3S/c1-3-16(14-6-4-5-7-14)20(18,19)15-10-8-13(9-11-15)12(2)17/h8-12,14,17H,3-7H2,1-2H3. The molecule has 4 nitrogen and oxygen atoms in total. The van der Waals surface area contributed by atoms with E-state index >= 15 is 0 Å². The summed E-state index contributed by atoms with van der Waals surface area (Å²) in [6, 6.07) is 6.69. The third-order valence-corrected chi connectivity index (χ3v) is 6.05. The van der Waals surface area contributed by atoms with Gasteiger partial charge in [-0.2, -0.15) is 4.31 Å². The maximum atomic E-state index is 12.7. The molecule has 0 amide bonds. The van der Waals surface area contributed by atoms with Crippen molar-refractivity contribution in [2.75, 3.05) is 6.54 Å². The predicted octanol–water partition coefficient (Wildman–Crippen LogP) is 2.69. The molecule has 1 saturated carbocycles. The van der Waals surface area contributed by atoms with Crippen molar-refractivity contribution >= 4 is 10.0 Å². The van der Waals surface area contributed by atoms with Gasteiger partial charge in [0.1, 0.15) is 0 Å². The fourth-order valence-corrected chi connectivity index (χ4v) is 4.56. The van der Waals surface area contributed by atoms with Crippen LogP contribution in [0, 0.1) is 0 Å². The van der Waals surface area contributed by atoms with Gasteiger partial charge in [0.2, 0.25) is 10.0 Å². The van der Waals surface area contributed by atoms with Crippen LogP contribution in [0.3, 0.4) is 0 Å². The second kappa shape index (κ2) is 6.24. The van der Waals surface area contributed by atoms with Crippen molar-refractivity contribution in [1.82, 2.24) is 4.31 Å². The minimum absolute atomic E-state index is 0.140. The van der Waals surface area contributed by atoms with Gasteiger partial charge in [-0.3, -0.25) is 0 Å². The molecule has 2 rings (SSSR count). The molecular weight excluding hydrogens is 274 g/mol. The smallest absolute Gasteiger partial charge is 0.243 e. The molecule has 1 atom stereocenters. The van der Waals surface area contributed by atoms with Gasteiger partial charge in [0.25, 0.3) is 0 Å². The minimum Gasteiger partial charge on any atom is -0.389 e. The number of sulfonamides is 1. The molecule has 5 heteroatoms. The van der Waals surface area contributed by atoms with Crippen LogP contribution in [0.15, 0.2) is 29.2 Å². The normalized spacial score (nSPS) is 18.6. The maximum Gasteiger partial charge on any atom is 0.243 e. The van der Waals surface area contributed by atoms with Crippen LogP contribution in [0.1, 0.15) is 51.2 Å². The highest BCUT2D eigenvalue weighted by atomic mass is 32.2. The van der Waals surface area contributed by atoms with E-state index in [0.29, 0.717) is 11.4 Å². The Hall–Kier alpha value is -0.910. The van der Waals surface area contributed by atoms with Gasteiger partial charge in [-0.05, 0) is 37.5 Å². The van der Waals surface area contributed by atoms with Crippen molar-refractivity contribution in [3.05, 3.63) is 29.8 Å². The SMILES string of the molecule is CCN(C1CCCC1)S(=O)(=O)c1ccc(C(C)O)cc1. The van der Waals surface area contributed by atoms with E-state index in [1.807, 2.05) is 6.92 Å². The highest BCUT2D eigenvalue weighted by Gasteiger charge is 2.31. The number of nitrogens with zero attached hydrogens (tertiary/aromatic N) is 1. The molecule has 0 aliphatic heterocycles. The second-order valence-electron chi connectivity index (χ2n) is 5.39. The third-order valence-electron chi connectivity index (χ3n) is 4.01. The van der Waals surface area contributed by atoms with Gasteiger partial charge in [-0.15, -0.1) is 0 Å². The summed E-state index contributed by atoms with van der Waals surface area (Å²) >= 11 is 0. The van der Waals surface area contributed by atoms with Crippen molar-refractivity contribution in [2.45, 2.75) is 56.6 Å². The molecule has 1 aliphatic rings. The quantitative estimate of drug-likeness (QED) is 0.909. The number of aliphatic hydroxyl groups is 1. The third kappa shape index (κ3) is 3.05. The molecule has 20 heavy (non-hydrogen) atoms. The highest BCUT2D eigenvalue weighted by Crippen LogP contribution is 2.28. The van der Waals surface area contributed by atoms with E-state index < -0.39 is 16.1 Å². The Morgan fingerprint density at radius 3 is 2.25 bits per heavy atom. The lowest BCUT2D eigenvalue weighted by molar-refractivity contribution is 0.199. The first-order valence-electron chi connectivity index (χ1n) is 7.26. The largest absolute Gasteiger partial charge is 0.389 e. The molecule has 0 heterocycles. The Bertz CT molecular complexity index is 531. The van der Waals surface area contributed by atoms with Crippen molar-refractivity contribution in [3.63, 3.8) is 0 Å². The summed E-state index contributed by atoms with van der Waals surface area (Å²) in [6.07, 6.45) is 3.55. The Morgan fingerprint density at radius 2 is 1.80 bits per heavy atom. The molecule has 1 N–H and O–H groups in total. The first-order valence-corrected chi connectivity index (χ1v) is 8.70. The maximum absolute atomic E-state index is 12.7. The van der Waals surface area contributed by atoms with Crippen molar-refractivity contribution in [3.8, 4) is 0 Å². The molecule has 1 unspecified atom stereocenters. The fourth-order valence-electron chi connectivity index (χ4n) is 2.87. The summed E-state index contributed by atoms with van der Waals surface area (Å²) < 4.78 is 27.0. The number of aliphatic hydroxyl groups excluding tert-OH is 1. The van der Waals surface area contributed by atoms with Gasteiger partial charge >= 0.3 is 0 Å². The van der Waals surface area contributed by atoms with E-state index in [4.69, 9.17) is 0 Å². The molecule has 0 saturated heterocycles. The molecular formula is C15H23NO3S. The second-order valence-corrected chi connectivity index (χ2v) is 7.28. The zero-order valence-corrected chi connectivity index (χ0v) is 12.9. The lowest BCUT2D eigenvalue weighted by Gasteiger charge is -2.26. The molecule has 1 aromatic carbocycles. The van der Waals surface area contributed by atoms with Gasteiger partial charge in [0.05, 0.1) is 11.0 Å². The van der Waals surface area contributed by atoms with Gasteiger partial charge in [0, 0.05) is 12.6 Å². The van der Waals surface area contributed by atoms with Crippen LogP contribution in [-0.4, -0.2) is 30.4 Å². The molecule has 1 aliphatic carbocycles. The van der Waals surface area contributed by atoms with E-state index in [0.717, 1.165) is 31.2 Å². The summed E-state index contributed by atoms with van der Waals surface area (Å²) in [4.78, 5) is 0.315. The van der Waals surface area contributed by atoms with E-state index in [1.54, 1.807) is 35.5 Å². The highest BCUT2D eigenvalue weighted by molar-refractivity contribution is 7.89. The van der Waals surface area contributed by atoms with Crippen LogP contribution >= 0.6 is 0 Å². The summed E-state index contributed by atoms with van der Waals surface area (Å²) in [7, 11) is -3.43. The number of rotatable bonds is 5. The molecule has 1 aromatic rings. The van der Waals surface area contributed by atoms with Crippen molar-refractivity contribution in [1.29, 1.82) is 0 Å². The Labute approximate surface area is 121 Å². The summed E-state index contributed by atoms with van der Waals surface area (Å²) in [6.45, 7) is 4.06. The summed E-state index contributed by atoms with van der Waals surface area (Å²) in [5.41, 5.74) is 0.730. The van der Waals surface area contributed by atoms with Crippen molar-refractivity contribution in [2.24, 2.45) is 0 Å². The van der Waals surface area contributed by atoms with E-state index in [-0.39, 0.29) is 6.04 Å². The first-order chi connectivity index (χ1) is 9.46. The van der Waals surface area contributed by atoms with E-state index in [9.17, 15) is 13.5 Å². The average molecular weight is 297 g/mol. The summed E-state index contributed by atoms with van der Waals surface area (Å²) in [5.74, 6) is 0. The van der Waals surface area contributed by atoms with Crippen molar-refractivity contribution < 1.29 is 13.5 Å². The predicted molar refractivity (Wildman–Crippen MR) is 78.9 cm³/mol. The van der Waals surface area contributed by atoms with Crippen LogP contribution in [0.4, 0.5) is 0 Å². The zero-order chi connectivity index (χ0) is 14.8. The monoisotopic (exact) mass is 297 g/mol. The number of benzene rings is 1. The van der Waals surface area contributed by atoms with Crippen LogP contribution in [0.25, 0.3) is 0 Å². The zero-order valence-electron chi connectivity index (χ0n) is 12.1. The average Bonchev–Trinajstić information content (AvgIpc) is 2.93. The number of hydrogen-bond donors (Lipinski definition) is 1. The molecule has 1 fully saturated rings. The van der Waals surface area contributed by atoms with E-state index in [1.165, 1.54) is 0 Å². The molecule has 112 valence electrons. The van der Waals surface area contributed by atoms with Gasteiger partial charge in [0.15, 0.2) is 0 Å². The minimum atomic E-state index is -3.43. The topological polar surface area (TPSA) is 57.6 Å². The van der Waals surface area contributed by atoms with Crippen LogP contribution in [-0.2, 0) is 10.0 Å². The molecule has 0 aromatic heterocycles. The Morgan fingerprint density at radius 1 is 1.25 bits per heavy atom. The lowest BCUT2D eigenvalue weighted by Crippen LogP contribution is -2.38. The van der Waals surface area contributed by atoms with Crippen LogP contribution < -0.4 is 0 Å². The van der Waals surface area contributed by atoms with Crippen LogP contribution in [0.2, 0.25) is 0 Å². The number of hydrogen-bond acceptors (Lipinski definition) is 3. The molecule has 0 bridgehead atoms. The van der Waals surface area contributed by atoms with E-state index in [2.05, 4.69) is 0 Å². The Balaban J connectivity index is 2.27. The first kappa shape index (κ1) is 15.5. The van der Waals surface area contributed by atoms with Crippen LogP contribution in [0.5, 0.6) is 0 Å². The molecule has 0 spiro atoms. The van der Waals surface area contributed by atoms with Gasteiger partial charge in [-0.1, -0.05) is 31.9 Å². The summed E-state index contributed by atoms with van der Waals surface area (Å²) in [5, 5.41) is 9.49. The fraction of sp³-hybridized carbons (Fsp3) is 0.600. The Kier molecular flexibility index (Phi) is 4.83. The molecule has 0 radical (unpaired) electrons. The van der Waals surface area contributed by atoms with Gasteiger partial charge in [-0.25, -0.2) is 8.42 Å². The van der Waals surface area contributed by atoms with Gasteiger partial charge < -0.3 is 5.11 Å².